The zero-order valence-corrected chi connectivity index (χ0v) is 17.0. The Hall–Kier alpha value is -2.12. The third-order valence-electron chi connectivity index (χ3n) is 5.11. The Morgan fingerprint density at radius 1 is 1.18 bits per heavy atom. The highest BCUT2D eigenvalue weighted by Crippen LogP contribution is 2.26. The van der Waals surface area contributed by atoms with Crippen LogP contribution in [0.3, 0.4) is 0 Å². The van der Waals surface area contributed by atoms with Gasteiger partial charge >= 0.3 is 0 Å². The highest BCUT2D eigenvalue weighted by Gasteiger charge is 2.20. The first kappa shape index (κ1) is 20.6. The number of carbonyl (C=O) groups is 1. The van der Waals surface area contributed by atoms with E-state index in [0.717, 1.165) is 37.4 Å². The summed E-state index contributed by atoms with van der Waals surface area (Å²) >= 11 is 0.470. The number of anilines is 2. The number of aryl methyl sites for hydroxylation is 1. The van der Waals surface area contributed by atoms with Crippen molar-refractivity contribution in [3.05, 3.63) is 53.6 Å². The van der Waals surface area contributed by atoms with Crippen molar-refractivity contribution in [2.24, 2.45) is 0 Å². The number of hydrogen-bond donors (Lipinski definition) is 2. The number of quaternary nitrogens is 1. The van der Waals surface area contributed by atoms with Crippen LogP contribution in [0.2, 0.25) is 0 Å². The van der Waals surface area contributed by atoms with Gasteiger partial charge in [-0.3, -0.25) is 4.79 Å². The summed E-state index contributed by atoms with van der Waals surface area (Å²) in [7, 11) is 0. The maximum atomic E-state index is 12.4. The lowest BCUT2D eigenvalue weighted by atomic mass is 10.1. The number of thioether (sulfide) groups is 1. The Labute approximate surface area is 168 Å². The maximum absolute atomic E-state index is 12.4. The van der Waals surface area contributed by atoms with E-state index >= 15 is 0 Å². The van der Waals surface area contributed by atoms with Gasteiger partial charge in [0.15, 0.2) is 0 Å². The molecule has 0 spiro atoms. The summed E-state index contributed by atoms with van der Waals surface area (Å²) in [5.41, 5.74) is 3.51. The maximum Gasteiger partial charge on any atom is 0.288 e. The van der Waals surface area contributed by atoms with Crippen molar-refractivity contribution in [1.82, 2.24) is 0 Å². The lowest BCUT2D eigenvalue weighted by molar-refractivity contribution is -0.898. The summed E-state index contributed by atoms with van der Waals surface area (Å²) in [4.78, 5) is 16.9. The van der Waals surface area contributed by atoms with Crippen molar-refractivity contribution in [2.45, 2.75) is 24.5 Å². The second-order valence-corrected chi connectivity index (χ2v) is 8.01. The minimum Gasteiger partial charge on any atom is -0.360 e. The van der Waals surface area contributed by atoms with Crippen LogP contribution in [0.25, 0.3) is 0 Å². The summed E-state index contributed by atoms with van der Waals surface area (Å²) in [5.74, 6) is -2.71. The fourth-order valence-corrected chi connectivity index (χ4v) is 4.00. The van der Waals surface area contributed by atoms with E-state index in [0.29, 0.717) is 22.2 Å². The molecule has 1 aliphatic heterocycles. The molecule has 2 aromatic carbocycles. The molecule has 28 heavy (non-hydrogen) atoms. The van der Waals surface area contributed by atoms with Gasteiger partial charge in [-0.2, -0.15) is 8.78 Å². The van der Waals surface area contributed by atoms with Gasteiger partial charge in [-0.1, -0.05) is 11.8 Å². The Balaban J connectivity index is 1.63. The van der Waals surface area contributed by atoms with E-state index in [2.05, 4.69) is 30.1 Å². The van der Waals surface area contributed by atoms with Crippen molar-refractivity contribution in [1.29, 1.82) is 0 Å². The largest absolute Gasteiger partial charge is 0.360 e. The molecule has 0 unspecified atom stereocenters. The molecule has 0 radical (unpaired) electrons. The molecular formula is C21H26F2N3OS+. The van der Waals surface area contributed by atoms with Gasteiger partial charge in [0.1, 0.15) is 0 Å². The van der Waals surface area contributed by atoms with E-state index in [4.69, 9.17) is 0 Å². The van der Waals surface area contributed by atoms with Crippen LogP contribution in [0.1, 0.15) is 22.8 Å². The molecule has 2 N–H and O–H groups in total. The fourth-order valence-electron chi connectivity index (χ4n) is 3.50. The molecule has 0 atom stereocenters. The lowest BCUT2D eigenvalue weighted by Gasteiger charge is -2.34. The minimum absolute atomic E-state index is 0.249. The van der Waals surface area contributed by atoms with E-state index in [1.807, 2.05) is 12.1 Å². The number of nitrogens with one attached hydrogen (secondary N) is 2. The summed E-state index contributed by atoms with van der Waals surface area (Å²) in [6.07, 6.45) is 0. The van der Waals surface area contributed by atoms with Gasteiger partial charge < -0.3 is 15.1 Å². The van der Waals surface area contributed by atoms with E-state index in [-0.39, 0.29) is 5.91 Å². The number of piperazine rings is 1. The quantitative estimate of drug-likeness (QED) is 0.723. The molecule has 0 saturated carbocycles. The molecular weight excluding hydrogens is 380 g/mol. The molecule has 150 valence electrons. The molecule has 1 amide bonds. The highest BCUT2D eigenvalue weighted by molar-refractivity contribution is 7.99. The SMILES string of the molecule is CC[NH+]1CCN(c2ccc(NC(=O)c3ccc(SC(F)F)cc3)cc2C)CC1. The minimum atomic E-state index is -2.47. The average molecular weight is 407 g/mol. The zero-order chi connectivity index (χ0) is 20.1. The van der Waals surface area contributed by atoms with E-state index in [1.54, 1.807) is 17.0 Å². The van der Waals surface area contributed by atoms with Crippen LogP contribution in [0.15, 0.2) is 47.4 Å². The average Bonchev–Trinajstić information content (AvgIpc) is 2.68. The van der Waals surface area contributed by atoms with Crippen molar-refractivity contribution in [3.63, 3.8) is 0 Å². The molecule has 1 saturated heterocycles. The summed E-state index contributed by atoms with van der Waals surface area (Å²) in [6.45, 7) is 9.82. The Bertz CT molecular complexity index is 806. The van der Waals surface area contributed by atoms with Gasteiger partial charge in [-0.05, 0) is 61.9 Å². The van der Waals surface area contributed by atoms with Crippen molar-refractivity contribution in [2.75, 3.05) is 42.9 Å². The first-order valence-corrected chi connectivity index (χ1v) is 10.4. The van der Waals surface area contributed by atoms with Crippen LogP contribution >= 0.6 is 11.8 Å². The number of amides is 1. The van der Waals surface area contributed by atoms with Crippen LogP contribution in [-0.4, -0.2) is 44.4 Å². The van der Waals surface area contributed by atoms with Crippen LogP contribution in [-0.2, 0) is 0 Å². The van der Waals surface area contributed by atoms with Gasteiger partial charge in [0.05, 0.1) is 32.7 Å². The van der Waals surface area contributed by atoms with Gasteiger partial charge in [-0.15, -0.1) is 0 Å². The molecule has 3 rings (SSSR count). The van der Waals surface area contributed by atoms with Gasteiger partial charge in [0.2, 0.25) is 0 Å². The first-order chi connectivity index (χ1) is 13.5. The lowest BCUT2D eigenvalue weighted by Crippen LogP contribution is -3.14. The van der Waals surface area contributed by atoms with Crippen molar-refractivity contribution in [3.8, 4) is 0 Å². The first-order valence-electron chi connectivity index (χ1n) is 9.51. The molecule has 0 aliphatic carbocycles. The van der Waals surface area contributed by atoms with E-state index in [9.17, 15) is 13.6 Å². The van der Waals surface area contributed by atoms with Crippen molar-refractivity contribution < 1.29 is 18.5 Å². The number of rotatable bonds is 6. The monoisotopic (exact) mass is 406 g/mol. The van der Waals surface area contributed by atoms with Gasteiger partial charge in [0, 0.05) is 21.8 Å². The smallest absolute Gasteiger partial charge is 0.288 e. The highest BCUT2D eigenvalue weighted by atomic mass is 32.2. The van der Waals surface area contributed by atoms with Crippen LogP contribution < -0.4 is 15.1 Å². The molecule has 1 fully saturated rings. The normalized spacial score (nSPS) is 15.1. The number of alkyl halides is 2. The Morgan fingerprint density at radius 3 is 2.43 bits per heavy atom. The van der Waals surface area contributed by atoms with Crippen molar-refractivity contribution >= 4 is 29.0 Å². The third-order valence-corrected chi connectivity index (χ3v) is 5.83. The Morgan fingerprint density at radius 2 is 1.86 bits per heavy atom. The predicted octanol–water partition coefficient (Wildman–Crippen LogP) is 3.29. The summed E-state index contributed by atoms with van der Waals surface area (Å²) in [6, 6.07) is 12.2. The molecule has 7 heteroatoms. The van der Waals surface area contributed by atoms with Crippen LogP contribution in [0.4, 0.5) is 20.2 Å². The number of likely N-dealkylation sites (N-methyl/N-ethyl adjacent to an activating group) is 1. The number of hydrogen-bond acceptors (Lipinski definition) is 3. The van der Waals surface area contributed by atoms with E-state index in [1.165, 1.54) is 24.4 Å². The summed E-state index contributed by atoms with van der Waals surface area (Å²) < 4.78 is 24.8. The summed E-state index contributed by atoms with van der Waals surface area (Å²) in [5, 5.41) is 2.89. The fraction of sp³-hybridized carbons (Fsp3) is 0.381. The van der Waals surface area contributed by atoms with Crippen LogP contribution in [0, 0.1) is 6.92 Å². The number of nitrogens with zero attached hydrogens (tertiary/aromatic N) is 1. The molecule has 1 heterocycles. The van der Waals surface area contributed by atoms with E-state index < -0.39 is 5.76 Å². The molecule has 4 nitrogen and oxygen atoms in total. The number of carbonyl (C=O) groups excluding carboxylic acids is 1. The topological polar surface area (TPSA) is 36.8 Å². The molecule has 2 aromatic rings. The van der Waals surface area contributed by atoms with Gasteiger partial charge in [0.25, 0.3) is 11.7 Å². The molecule has 1 aliphatic rings. The second-order valence-electron chi connectivity index (χ2n) is 6.95. The molecule has 0 aromatic heterocycles. The predicted molar refractivity (Wildman–Crippen MR) is 111 cm³/mol. The van der Waals surface area contributed by atoms with Gasteiger partial charge in [-0.25, -0.2) is 0 Å². The third kappa shape index (κ3) is 5.23. The zero-order valence-electron chi connectivity index (χ0n) is 16.2. The number of halogens is 2. The van der Waals surface area contributed by atoms with Crippen LogP contribution in [0.5, 0.6) is 0 Å². The standard InChI is InChI=1S/C21H25F2N3OS/c1-3-25-10-12-26(13-11-25)19-9-6-17(14-15(19)2)24-20(27)16-4-7-18(8-5-16)28-21(22)23/h4-9,14,21H,3,10-13H2,1-2H3,(H,24,27)/p+1. The number of benzene rings is 2. The second kappa shape index (κ2) is 9.39. The Kier molecular flexibility index (Phi) is 6.91. The molecule has 0 bridgehead atoms.